The Morgan fingerprint density at radius 3 is 2.81 bits per heavy atom. The molecule has 0 aliphatic heterocycles. The minimum atomic E-state index is -3.81. The normalized spacial score (nSPS) is 11.7. The van der Waals surface area contributed by atoms with Crippen LogP contribution in [0.25, 0.3) is 6.08 Å². The minimum absolute atomic E-state index is 0.0668. The molecule has 0 saturated carbocycles. The van der Waals surface area contributed by atoms with E-state index in [9.17, 15) is 13.2 Å². The highest BCUT2D eigenvalue weighted by Gasteiger charge is 2.16. The molecule has 0 saturated heterocycles. The summed E-state index contributed by atoms with van der Waals surface area (Å²) in [7, 11) is -3.81. The molecule has 2 rings (SSSR count). The number of aromatic nitrogens is 2. The van der Waals surface area contributed by atoms with E-state index >= 15 is 0 Å². The first-order valence-electron chi connectivity index (χ1n) is 5.68. The van der Waals surface area contributed by atoms with Gasteiger partial charge in [-0.1, -0.05) is 0 Å². The van der Waals surface area contributed by atoms with Crippen LogP contribution in [-0.4, -0.2) is 29.5 Å². The summed E-state index contributed by atoms with van der Waals surface area (Å²) < 4.78 is 26.7. The Labute approximate surface area is 125 Å². The number of aryl methyl sites for hydroxylation is 1. The van der Waals surface area contributed by atoms with Gasteiger partial charge < -0.3 is 5.11 Å². The molecular formula is C12H11N3O4S2. The van der Waals surface area contributed by atoms with Gasteiger partial charge in [-0.3, -0.25) is 9.71 Å². The summed E-state index contributed by atoms with van der Waals surface area (Å²) in [6.45, 7) is 1.76. The fourth-order valence-corrected chi connectivity index (χ4v) is 3.35. The highest BCUT2D eigenvalue weighted by Crippen LogP contribution is 2.20. The van der Waals surface area contributed by atoms with Gasteiger partial charge in [-0.2, -0.15) is 0 Å². The largest absolute Gasteiger partial charge is 0.478 e. The maximum Gasteiger partial charge on any atom is 0.328 e. The van der Waals surface area contributed by atoms with E-state index in [-0.39, 0.29) is 10.0 Å². The fourth-order valence-electron chi connectivity index (χ4n) is 1.42. The van der Waals surface area contributed by atoms with Crippen molar-refractivity contribution in [1.82, 2.24) is 9.97 Å². The maximum absolute atomic E-state index is 12.2. The molecule has 0 spiro atoms. The number of anilines is 1. The first-order chi connectivity index (χ1) is 9.87. The molecule has 21 heavy (non-hydrogen) atoms. The fraction of sp³-hybridized carbons (Fsp3) is 0.0833. The Bertz CT molecular complexity index is 796. The third-order valence-electron chi connectivity index (χ3n) is 2.30. The van der Waals surface area contributed by atoms with Crippen LogP contribution in [0.1, 0.15) is 11.3 Å². The summed E-state index contributed by atoms with van der Waals surface area (Å²) in [5, 5.41) is 10.5. The molecule has 0 radical (unpaired) electrons. The molecule has 0 aromatic carbocycles. The lowest BCUT2D eigenvalue weighted by Gasteiger charge is -2.05. The first kappa shape index (κ1) is 15.1. The quantitative estimate of drug-likeness (QED) is 0.811. The van der Waals surface area contributed by atoms with Crippen molar-refractivity contribution in [2.24, 2.45) is 0 Å². The van der Waals surface area contributed by atoms with Crippen molar-refractivity contribution >= 4 is 38.5 Å². The second-order valence-corrected chi connectivity index (χ2v) is 6.57. The average molecular weight is 325 g/mol. The predicted octanol–water partition coefficient (Wildman–Crippen LogP) is 1.75. The Hall–Kier alpha value is -2.26. The maximum atomic E-state index is 12.2. The van der Waals surface area contributed by atoms with Gasteiger partial charge in [-0.25, -0.2) is 18.2 Å². The van der Waals surface area contributed by atoms with Crippen LogP contribution in [0.5, 0.6) is 0 Å². The van der Waals surface area contributed by atoms with Crippen molar-refractivity contribution in [3.63, 3.8) is 0 Å². The number of pyridine rings is 1. The molecule has 2 heterocycles. The van der Waals surface area contributed by atoms with Crippen LogP contribution in [-0.2, 0) is 14.8 Å². The van der Waals surface area contributed by atoms with Gasteiger partial charge in [-0.05, 0) is 24.6 Å². The van der Waals surface area contributed by atoms with Crippen LogP contribution in [0.2, 0.25) is 0 Å². The number of carbonyl (C=O) groups is 1. The highest BCUT2D eigenvalue weighted by atomic mass is 32.2. The molecule has 110 valence electrons. The van der Waals surface area contributed by atoms with Gasteiger partial charge in [0, 0.05) is 23.8 Å². The van der Waals surface area contributed by atoms with Crippen molar-refractivity contribution in [1.29, 1.82) is 0 Å². The number of hydrogen-bond acceptors (Lipinski definition) is 6. The highest BCUT2D eigenvalue weighted by molar-refractivity contribution is 7.93. The van der Waals surface area contributed by atoms with Crippen LogP contribution in [0, 0.1) is 6.92 Å². The lowest BCUT2D eigenvalue weighted by Crippen LogP contribution is -2.13. The number of carboxylic acids is 1. The summed E-state index contributed by atoms with van der Waals surface area (Å²) in [6.07, 6.45) is 4.72. The molecule has 2 aromatic heterocycles. The molecule has 0 bridgehead atoms. The van der Waals surface area contributed by atoms with E-state index in [1.54, 1.807) is 12.3 Å². The molecule has 0 unspecified atom stereocenters. The van der Waals surface area contributed by atoms with Crippen molar-refractivity contribution in [3.05, 3.63) is 41.2 Å². The lowest BCUT2D eigenvalue weighted by molar-refractivity contribution is -0.131. The molecule has 0 aliphatic carbocycles. The first-order valence-corrected chi connectivity index (χ1v) is 8.04. The number of carboxylic acid groups (broad SMARTS) is 1. The van der Waals surface area contributed by atoms with Gasteiger partial charge in [0.25, 0.3) is 10.0 Å². The Balaban J connectivity index is 2.27. The van der Waals surface area contributed by atoms with E-state index in [1.807, 2.05) is 0 Å². The molecule has 7 nitrogen and oxygen atoms in total. The van der Waals surface area contributed by atoms with E-state index in [2.05, 4.69) is 14.7 Å². The molecule has 0 aliphatic rings. The summed E-state index contributed by atoms with van der Waals surface area (Å²) in [6, 6.07) is 1.33. The summed E-state index contributed by atoms with van der Waals surface area (Å²) >= 11 is 1.18. The van der Waals surface area contributed by atoms with E-state index in [1.165, 1.54) is 35.9 Å². The van der Waals surface area contributed by atoms with Gasteiger partial charge in [0.2, 0.25) is 0 Å². The van der Waals surface area contributed by atoms with Gasteiger partial charge in [-0.15, -0.1) is 11.3 Å². The minimum Gasteiger partial charge on any atom is -0.478 e. The van der Waals surface area contributed by atoms with Gasteiger partial charge in [0.15, 0.2) is 5.13 Å². The summed E-state index contributed by atoms with van der Waals surface area (Å²) in [4.78, 5) is 18.2. The number of sulfonamides is 1. The molecule has 9 heteroatoms. The number of rotatable bonds is 5. The van der Waals surface area contributed by atoms with Crippen molar-refractivity contribution < 1.29 is 18.3 Å². The van der Waals surface area contributed by atoms with Crippen LogP contribution >= 0.6 is 11.3 Å². The standard InChI is InChI=1S/C12H11N3O4S2/c1-8-7-20-12(14-8)15-21(18,19)10-4-9(5-13-6-10)2-3-11(16)17/h2-7H,1H3,(H,14,15)(H,16,17). The summed E-state index contributed by atoms with van der Waals surface area (Å²) in [5.41, 5.74) is 1.09. The van der Waals surface area contributed by atoms with Gasteiger partial charge in [0.1, 0.15) is 4.90 Å². The zero-order chi connectivity index (χ0) is 15.5. The molecular weight excluding hydrogens is 314 g/mol. The van der Waals surface area contributed by atoms with Crippen molar-refractivity contribution in [3.8, 4) is 0 Å². The zero-order valence-corrected chi connectivity index (χ0v) is 12.5. The number of nitrogens with one attached hydrogen (secondary N) is 1. The van der Waals surface area contributed by atoms with Crippen molar-refractivity contribution in [2.75, 3.05) is 4.72 Å². The van der Waals surface area contributed by atoms with Crippen LogP contribution in [0.3, 0.4) is 0 Å². The topological polar surface area (TPSA) is 109 Å². The number of aliphatic carboxylic acids is 1. The van der Waals surface area contributed by atoms with E-state index < -0.39 is 16.0 Å². The van der Waals surface area contributed by atoms with Crippen LogP contribution in [0.4, 0.5) is 5.13 Å². The van der Waals surface area contributed by atoms with E-state index in [0.29, 0.717) is 11.3 Å². The number of nitrogens with zero attached hydrogens (tertiary/aromatic N) is 2. The monoisotopic (exact) mass is 325 g/mol. The lowest BCUT2D eigenvalue weighted by atomic mass is 10.2. The Morgan fingerprint density at radius 2 is 2.19 bits per heavy atom. The molecule has 0 fully saturated rings. The second-order valence-electron chi connectivity index (χ2n) is 4.03. The second kappa shape index (κ2) is 6.02. The third-order valence-corrected chi connectivity index (χ3v) is 4.61. The Kier molecular flexibility index (Phi) is 4.34. The molecule has 0 atom stereocenters. The average Bonchev–Trinajstić information content (AvgIpc) is 2.81. The smallest absolute Gasteiger partial charge is 0.328 e. The molecule has 2 N–H and O–H groups in total. The Morgan fingerprint density at radius 1 is 1.43 bits per heavy atom. The molecule has 2 aromatic rings. The molecule has 0 amide bonds. The number of thiazole rings is 1. The van der Waals surface area contributed by atoms with Gasteiger partial charge >= 0.3 is 5.97 Å². The van der Waals surface area contributed by atoms with E-state index in [0.717, 1.165) is 6.08 Å². The SMILES string of the molecule is Cc1csc(NS(=O)(=O)c2cncc(C=CC(=O)O)c2)n1. The third kappa shape index (κ3) is 4.10. The van der Waals surface area contributed by atoms with Crippen molar-refractivity contribution in [2.45, 2.75) is 11.8 Å². The van der Waals surface area contributed by atoms with Gasteiger partial charge in [0.05, 0.1) is 5.69 Å². The van der Waals surface area contributed by atoms with Crippen LogP contribution < -0.4 is 4.72 Å². The summed E-state index contributed by atoms with van der Waals surface area (Å²) in [5.74, 6) is -1.13. The zero-order valence-electron chi connectivity index (χ0n) is 10.8. The predicted molar refractivity (Wildman–Crippen MR) is 78.6 cm³/mol. The number of hydrogen-bond donors (Lipinski definition) is 2. The van der Waals surface area contributed by atoms with Crippen LogP contribution in [0.15, 0.2) is 34.8 Å². The van der Waals surface area contributed by atoms with E-state index in [4.69, 9.17) is 5.11 Å².